The van der Waals surface area contributed by atoms with Crippen molar-refractivity contribution in [2.45, 2.75) is 26.3 Å². The Morgan fingerprint density at radius 3 is 2.65 bits per heavy atom. The lowest BCUT2D eigenvalue weighted by Crippen LogP contribution is -2.45. The fraction of sp³-hybridized carbons (Fsp3) is 0.500. The van der Waals surface area contributed by atoms with Crippen LogP contribution in [0, 0.1) is 17.0 Å². The SMILES string of the molecule is CC1(/C(N)=N/O)CCN(Cc2cc(F)ccc2F)CC1. The van der Waals surface area contributed by atoms with Gasteiger partial charge in [-0.25, -0.2) is 8.78 Å². The molecule has 0 saturated carbocycles. The van der Waals surface area contributed by atoms with Gasteiger partial charge in [-0.1, -0.05) is 12.1 Å². The molecule has 1 aliphatic heterocycles. The van der Waals surface area contributed by atoms with E-state index < -0.39 is 11.6 Å². The van der Waals surface area contributed by atoms with Gasteiger partial charge in [0.25, 0.3) is 0 Å². The summed E-state index contributed by atoms with van der Waals surface area (Å²) in [6.07, 6.45) is 1.44. The van der Waals surface area contributed by atoms with Gasteiger partial charge in [0.05, 0.1) is 0 Å². The van der Waals surface area contributed by atoms with Gasteiger partial charge in [-0.05, 0) is 44.1 Å². The summed E-state index contributed by atoms with van der Waals surface area (Å²) >= 11 is 0. The van der Waals surface area contributed by atoms with E-state index in [0.29, 0.717) is 25.2 Å². The van der Waals surface area contributed by atoms with Gasteiger partial charge >= 0.3 is 0 Å². The van der Waals surface area contributed by atoms with Crippen molar-refractivity contribution in [1.29, 1.82) is 0 Å². The third-order valence-corrected chi connectivity index (χ3v) is 4.09. The average Bonchev–Trinajstić information content (AvgIpc) is 2.44. The van der Waals surface area contributed by atoms with E-state index in [9.17, 15) is 8.78 Å². The molecule has 1 aromatic carbocycles. The van der Waals surface area contributed by atoms with E-state index in [4.69, 9.17) is 10.9 Å². The molecule has 20 heavy (non-hydrogen) atoms. The molecule has 3 N–H and O–H groups in total. The van der Waals surface area contributed by atoms with Gasteiger partial charge in [0, 0.05) is 17.5 Å². The second-order valence-electron chi connectivity index (χ2n) is 5.56. The van der Waals surface area contributed by atoms with Crippen LogP contribution in [0.3, 0.4) is 0 Å². The summed E-state index contributed by atoms with van der Waals surface area (Å²) in [5.41, 5.74) is 5.73. The standard InChI is InChI=1S/C14H19F2N3O/c1-14(13(17)18-20)4-6-19(7-5-14)9-10-8-11(15)2-3-12(10)16/h2-3,8,20H,4-7,9H2,1H3,(H2,17,18). The first kappa shape index (κ1) is 14.7. The third-order valence-electron chi connectivity index (χ3n) is 4.09. The zero-order valence-electron chi connectivity index (χ0n) is 11.4. The predicted octanol–water partition coefficient (Wildman–Crippen LogP) is 2.31. The lowest BCUT2D eigenvalue weighted by molar-refractivity contribution is 0.151. The molecule has 6 heteroatoms. The largest absolute Gasteiger partial charge is 0.409 e. The van der Waals surface area contributed by atoms with Crippen LogP contribution in [0.5, 0.6) is 0 Å². The van der Waals surface area contributed by atoms with E-state index in [-0.39, 0.29) is 11.3 Å². The summed E-state index contributed by atoms with van der Waals surface area (Å²) in [7, 11) is 0. The fourth-order valence-corrected chi connectivity index (χ4v) is 2.49. The van der Waals surface area contributed by atoms with Crippen LogP contribution in [0.25, 0.3) is 0 Å². The highest BCUT2D eigenvalue weighted by Gasteiger charge is 2.34. The molecule has 1 aliphatic rings. The Morgan fingerprint density at radius 1 is 1.40 bits per heavy atom. The first-order chi connectivity index (χ1) is 9.44. The summed E-state index contributed by atoms with van der Waals surface area (Å²) < 4.78 is 26.7. The summed E-state index contributed by atoms with van der Waals surface area (Å²) in [6, 6.07) is 3.49. The number of benzene rings is 1. The van der Waals surface area contributed by atoms with Gasteiger partial charge in [0.1, 0.15) is 17.5 Å². The van der Waals surface area contributed by atoms with E-state index in [0.717, 1.165) is 25.0 Å². The van der Waals surface area contributed by atoms with Crippen molar-refractivity contribution in [3.05, 3.63) is 35.4 Å². The molecule has 0 radical (unpaired) electrons. The number of nitrogens with two attached hydrogens (primary N) is 1. The van der Waals surface area contributed by atoms with Crippen molar-refractivity contribution in [2.24, 2.45) is 16.3 Å². The topological polar surface area (TPSA) is 61.9 Å². The van der Waals surface area contributed by atoms with Crippen LogP contribution >= 0.6 is 0 Å². The molecule has 1 fully saturated rings. The number of hydrogen-bond acceptors (Lipinski definition) is 3. The lowest BCUT2D eigenvalue weighted by Gasteiger charge is -2.38. The molecule has 4 nitrogen and oxygen atoms in total. The molecule has 2 rings (SSSR count). The quantitative estimate of drug-likeness (QED) is 0.387. The van der Waals surface area contributed by atoms with Gasteiger partial charge in [-0.2, -0.15) is 0 Å². The number of nitrogens with zero attached hydrogens (tertiary/aromatic N) is 2. The smallest absolute Gasteiger partial charge is 0.145 e. The maximum atomic E-state index is 13.6. The maximum Gasteiger partial charge on any atom is 0.145 e. The van der Waals surface area contributed by atoms with Crippen LogP contribution in [0.4, 0.5) is 8.78 Å². The first-order valence-corrected chi connectivity index (χ1v) is 6.59. The predicted molar refractivity (Wildman–Crippen MR) is 72.4 cm³/mol. The minimum Gasteiger partial charge on any atom is -0.409 e. The van der Waals surface area contributed by atoms with Crippen molar-refractivity contribution in [2.75, 3.05) is 13.1 Å². The summed E-state index contributed by atoms with van der Waals surface area (Å²) in [4.78, 5) is 2.05. The Labute approximate surface area is 116 Å². The zero-order valence-corrected chi connectivity index (χ0v) is 11.4. The van der Waals surface area contributed by atoms with Crippen LogP contribution in [0.2, 0.25) is 0 Å². The van der Waals surface area contributed by atoms with Crippen LogP contribution in [0.15, 0.2) is 23.4 Å². The fourth-order valence-electron chi connectivity index (χ4n) is 2.49. The van der Waals surface area contributed by atoms with Crippen molar-refractivity contribution in [3.63, 3.8) is 0 Å². The Bertz CT molecular complexity index is 511. The molecule has 0 bridgehead atoms. The minimum atomic E-state index is -0.431. The Balaban J connectivity index is 2.00. The number of likely N-dealkylation sites (tertiary alicyclic amines) is 1. The number of oxime groups is 1. The van der Waals surface area contributed by atoms with Crippen LogP contribution in [-0.2, 0) is 6.54 Å². The highest BCUT2D eigenvalue weighted by molar-refractivity contribution is 5.85. The van der Waals surface area contributed by atoms with E-state index >= 15 is 0 Å². The maximum absolute atomic E-state index is 13.6. The van der Waals surface area contributed by atoms with E-state index in [1.807, 2.05) is 11.8 Å². The number of amidine groups is 1. The van der Waals surface area contributed by atoms with Crippen LogP contribution < -0.4 is 5.73 Å². The summed E-state index contributed by atoms with van der Waals surface area (Å²) in [5.74, 6) is -0.592. The molecule has 0 aromatic heterocycles. The Morgan fingerprint density at radius 2 is 2.05 bits per heavy atom. The number of piperidine rings is 1. The molecule has 0 unspecified atom stereocenters. The zero-order chi connectivity index (χ0) is 14.8. The average molecular weight is 283 g/mol. The molecular weight excluding hydrogens is 264 g/mol. The first-order valence-electron chi connectivity index (χ1n) is 6.59. The van der Waals surface area contributed by atoms with E-state index in [1.165, 1.54) is 6.07 Å². The Kier molecular flexibility index (Phi) is 4.23. The van der Waals surface area contributed by atoms with Crippen molar-refractivity contribution in [1.82, 2.24) is 4.90 Å². The number of halogens is 2. The molecule has 0 aliphatic carbocycles. The summed E-state index contributed by atoms with van der Waals surface area (Å²) in [5, 5.41) is 11.9. The van der Waals surface area contributed by atoms with Gasteiger partial charge < -0.3 is 10.9 Å². The summed E-state index contributed by atoms with van der Waals surface area (Å²) in [6.45, 7) is 3.71. The number of rotatable bonds is 3. The third kappa shape index (κ3) is 3.07. The molecule has 0 spiro atoms. The lowest BCUT2D eigenvalue weighted by atomic mass is 9.79. The number of hydrogen-bond donors (Lipinski definition) is 2. The molecule has 1 heterocycles. The minimum absolute atomic E-state index is 0.231. The molecular formula is C14H19F2N3O. The van der Waals surface area contributed by atoms with Gasteiger partial charge in [0.15, 0.2) is 0 Å². The van der Waals surface area contributed by atoms with Crippen molar-refractivity contribution in [3.8, 4) is 0 Å². The van der Waals surface area contributed by atoms with E-state index in [1.54, 1.807) is 0 Å². The second kappa shape index (κ2) is 5.75. The van der Waals surface area contributed by atoms with Crippen LogP contribution in [0.1, 0.15) is 25.3 Å². The molecule has 110 valence electrons. The normalized spacial score (nSPS) is 20.1. The monoisotopic (exact) mass is 283 g/mol. The second-order valence-corrected chi connectivity index (χ2v) is 5.56. The van der Waals surface area contributed by atoms with Crippen molar-refractivity contribution < 1.29 is 14.0 Å². The molecule has 0 atom stereocenters. The van der Waals surface area contributed by atoms with Crippen molar-refractivity contribution >= 4 is 5.84 Å². The Hall–Kier alpha value is -1.69. The molecule has 1 saturated heterocycles. The molecule has 1 aromatic rings. The van der Waals surface area contributed by atoms with Gasteiger partial charge in [0.2, 0.25) is 0 Å². The highest BCUT2D eigenvalue weighted by Crippen LogP contribution is 2.31. The van der Waals surface area contributed by atoms with Gasteiger partial charge in [-0.3, -0.25) is 4.90 Å². The highest BCUT2D eigenvalue weighted by atomic mass is 19.1. The van der Waals surface area contributed by atoms with E-state index in [2.05, 4.69) is 5.16 Å². The molecule has 0 amide bonds. The van der Waals surface area contributed by atoms with Crippen LogP contribution in [-0.4, -0.2) is 29.0 Å². The van der Waals surface area contributed by atoms with Gasteiger partial charge in [-0.15, -0.1) is 0 Å².